The summed E-state index contributed by atoms with van der Waals surface area (Å²) in [7, 11) is 1.51. The van der Waals surface area contributed by atoms with Crippen LogP contribution >= 0.6 is 22.6 Å². The number of hydrogen-bond acceptors (Lipinski definition) is 6. The van der Waals surface area contributed by atoms with Gasteiger partial charge in [-0.2, -0.15) is 5.26 Å². The fourth-order valence-electron chi connectivity index (χ4n) is 2.52. The number of halogens is 1. The lowest BCUT2D eigenvalue weighted by Gasteiger charge is -2.12. The summed E-state index contributed by atoms with van der Waals surface area (Å²) in [5, 5.41) is 12.1. The van der Waals surface area contributed by atoms with Crippen molar-refractivity contribution in [3.05, 3.63) is 69.3 Å². The van der Waals surface area contributed by atoms with Gasteiger partial charge >= 0.3 is 5.97 Å². The first-order valence-electron chi connectivity index (χ1n) is 9.25. The van der Waals surface area contributed by atoms with Crippen molar-refractivity contribution in [3.63, 3.8) is 0 Å². The Bertz CT molecular complexity index is 1040. The number of methoxy groups -OCH3 is 1. The van der Waals surface area contributed by atoms with Crippen molar-refractivity contribution in [2.24, 2.45) is 0 Å². The Hall–Kier alpha value is -3.32. The van der Waals surface area contributed by atoms with E-state index in [1.54, 1.807) is 49.4 Å². The van der Waals surface area contributed by atoms with Crippen molar-refractivity contribution in [2.75, 3.05) is 25.6 Å². The van der Waals surface area contributed by atoms with Crippen LogP contribution in [-0.4, -0.2) is 32.2 Å². The summed E-state index contributed by atoms with van der Waals surface area (Å²) in [6.07, 6.45) is 3.09. The van der Waals surface area contributed by atoms with Crippen LogP contribution in [0.15, 0.2) is 54.6 Å². The monoisotopic (exact) mass is 532 g/mol. The smallest absolute Gasteiger partial charge is 0.338 e. The van der Waals surface area contributed by atoms with Gasteiger partial charge in [0.2, 0.25) is 0 Å². The molecule has 1 amide bonds. The van der Waals surface area contributed by atoms with Crippen LogP contribution in [0.2, 0.25) is 0 Å². The number of esters is 1. The van der Waals surface area contributed by atoms with Crippen LogP contribution in [0.4, 0.5) is 5.69 Å². The molecule has 0 aliphatic rings. The number of amides is 1. The maximum Gasteiger partial charge on any atom is 0.338 e. The molecule has 0 radical (unpaired) electrons. The summed E-state index contributed by atoms with van der Waals surface area (Å²) in [4.78, 5) is 24.3. The summed E-state index contributed by atoms with van der Waals surface area (Å²) in [6, 6.07) is 11.6. The Morgan fingerprint density at radius 3 is 2.55 bits per heavy atom. The van der Waals surface area contributed by atoms with Gasteiger partial charge in [0.05, 0.1) is 22.9 Å². The topological polar surface area (TPSA) is 97.7 Å². The molecule has 0 aliphatic heterocycles. The number of nitriles is 1. The third-order valence-electron chi connectivity index (χ3n) is 3.93. The molecule has 2 rings (SSSR count). The maximum absolute atomic E-state index is 12.6. The Kier molecular flexibility index (Phi) is 9.09. The van der Waals surface area contributed by atoms with Gasteiger partial charge in [-0.25, -0.2) is 4.79 Å². The van der Waals surface area contributed by atoms with E-state index in [-0.39, 0.29) is 12.2 Å². The third kappa shape index (κ3) is 6.58. The molecule has 0 bridgehead atoms. The zero-order chi connectivity index (χ0) is 22.8. The molecule has 0 saturated carbocycles. The molecule has 0 aromatic heterocycles. The molecule has 7 nitrogen and oxygen atoms in total. The highest BCUT2D eigenvalue weighted by Crippen LogP contribution is 2.34. The maximum atomic E-state index is 12.6. The largest absolute Gasteiger partial charge is 0.493 e. The van der Waals surface area contributed by atoms with Gasteiger partial charge in [-0.05, 0) is 77.6 Å². The van der Waals surface area contributed by atoms with Gasteiger partial charge in [-0.3, -0.25) is 4.79 Å². The van der Waals surface area contributed by atoms with Gasteiger partial charge in [0.25, 0.3) is 5.91 Å². The number of rotatable bonds is 9. The number of hydrogen-bond donors (Lipinski definition) is 1. The van der Waals surface area contributed by atoms with Gasteiger partial charge < -0.3 is 19.5 Å². The number of nitrogens with one attached hydrogen (secondary N) is 1. The SMILES string of the molecule is C=CCOc1c(I)cc(/C=C(\C#N)C(=O)Nc2ccc(C(=O)OCC)cc2)cc1OC. The summed E-state index contributed by atoms with van der Waals surface area (Å²) in [5.74, 6) is 0.0199. The Labute approximate surface area is 194 Å². The Morgan fingerprint density at radius 2 is 1.97 bits per heavy atom. The number of carbonyl (C=O) groups is 2. The first-order chi connectivity index (χ1) is 14.9. The van der Waals surface area contributed by atoms with E-state index < -0.39 is 11.9 Å². The van der Waals surface area contributed by atoms with E-state index in [1.807, 2.05) is 6.07 Å². The first-order valence-corrected chi connectivity index (χ1v) is 10.3. The number of nitrogens with zero attached hydrogens (tertiary/aromatic N) is 1. The molecule has 8 heteroatoms. The van der Waals surface area contributed by atoms with E-state index in [9.17, 15) is 14.9 Å². The predicted molar refractivity (Wildman–Crippen MR) is 126 cm³/mol. The van der Waals surface area contributed by atoms with E-state index in [1.165, 1.54) is 13.2 Å². The third-order valence-corrected chi connectivity index (χ3v) is 4.73. The van der Waals surface area contributed by atoms with Crippen LogP contribution in [0, 0.1) is 14.9 Å². The molecule has 0 heterocycles. The van der Waals surface area contributed by atoms with Crippen LogP contribution < -0.4 is 14.8 Å². The van der Waals surface area contributed by atoms with Gasteiger partial charge in [0.15, 0.2) is 11.5 Å². The highest BCUT2D eigenvalue weighted by Gasteiger charge is 2.14. The number of anilines is 1. The van der Waals surface area contributed by atoms with E-state index in [4.69, 9.17) is 14.2 Å². The standard InChI is InChI=1S/C23H21IN2O5/c1-4-10-31-21-19(24)12-15(13-20(21)29-3)11-17(14-25)22(27)26-18-8-6-16(7-9-18)23(28)30-5-2/h4,6-9,11-13H,1,5,10H2,2-3H3,(H,26,27)/b17-11+. The van der Waals surface area contributed by atoms with Gasteiger partial charge in [0, 0.05) is 5.69 Å². The molecule has 0 atom stereocenters. The Morgan fingerprint density at radius 1 is 1.26 bits per heavy atom. The lowest BCUT2D eigenvalue weighted by Crippen LogP contribution is -2.13. The normalized spacial score (nSPS) is 10.6. The lowest BCUT2D eigenvalue weighted by atomic mass is 10.1. The summed E-state index contributed by atoms with van der Waals surface area (Å²) >= 11 is 2.09. The summed E-state index contributed by atoms with van der Waals surface area (Å²) in [5.41, 5.74) is 1.33. The molecule has 2 aromatic carbocycles. The minimum atomic E-state index is -0.577. The van der Waals surface area contributed by atoms with Crippen molar-refractivity contribution in [2.45, 2.75) is 6.92 Å². The van der Waals surface area contributed by atoms with Crippen LogP contribution in [0.1, 0.15) is 22.8 Å². The fourth-order valence-corrected chi connectivity index (χ4v) is 3.30. The van der Waals surface area contributed by atoms with Crippen molar-refractivity contribution in [1.29, 1.82) is 5.26 Å². The van der Waals surface area contributed by atoms with E-state index in [0.29, 0.717) is 34.9 Å². The molecule has 31 heavy (non-hydrogen) atoms. The van der Waals surface area contributed by atoms with Crippen LogP contribution in [0.5, 0.6) is 11.5 Å². The van der Waals surface area contributed by atoms with E-state index >= 15 is 0 Å². The van der Waals surface area contributed by atoms with Crippen LogP contribution in [0.25, 0.3) is 6.08 Å². The van der Waals surface area contributed by atoms with Crippen molar-refractivity contribution in [1.82, 2.24) is 0 Å². The second-order valence-corrected chi connectivity index (χ2v) is 7.22. The van der Waals surface area contributed by atoms with Gasteiger partial charge in [-0.1, -0.05) is 12.7 Å². The molecule has 2 aromatic rings. The highest BCUT2D eigenvalue weighted by atomic mass is 127. The zero-order valence-corrected chi connectivity index (χ0v) is 19.3. The lowest BCUT2D eigenvalue weighted by molar-refractivity contribution is -0.112. The second kappa shape index (κ2) is 11.8. The average molecular weight is 532 g/mol. The minimum absolute atomic E-state index is 0.0907. The molecule has 160 valence electrons. The van der Waals surface area contributed by atoms with Crippen molar-refractivity contribution < 1.29 is 23.8 Å². The molecule has 1 N–H and O–H groups in total. The number of carbonyl (C=O) groups excluding carboxylic acids is 2. The average Bonchev–Trinajstić information content (AvgIpc) is 2.76. The Balaban J connectivity index is 2.22. The molecule has 0 fully saturated rings. The molecule has 0 unspecified atom stereocenters. The van der Waals surface area contributed by atoms with Crippen LogP contribution in [-0.2, 0) is 9.53 Å². The zero-order valence-electron chi connectivity index (χ0n) is 17.1. The first kappa shape index (κ1) is 24.0. The molecule has 0 saturated heterocycles. The van der Waals surface area contributed by atoms with Gasteiger partial charge in [0.1, 0.15) is 18.2 Å². The summed E-state index contributed by atoms with van der Waals surface area (Å²) in [6.45, 7) is 5.94. The molecular formula is C23H21IN2O5. The van der Waals surface area contributed by atoms with Crippen molar-refractivity contribution >= 4 is 46.2 Å². The molecular weight excluding hydrogens is 511 g/mol. The fraction of sp³-hybridized carbons (Fsp3) is 0.174. The van der Waals surface area contributed by atoms with E-state index in [2.05, 4.69) is 34.5 Å². The summed E-state index contributed by atoms with van der Waals surface area (Å²) < 4.78 is 16.7. The minimum Gasteiger partial charge on any atom is -0.493 e. The second-order valence-electron chi connectivity index (χ2n) is 6.06. The predicted octanol–water partition coefficient (Wildman–Crippen LogP) is 4.59. The number of ether oxygens (including phenoxy) is 3. The molecule has 0 aliphatic carbocycles. The van der Waals surface area contributed by atoms with Crippen molar-refractivity contribution in [3.8, 4) is 17.6 Å². The highest BCUT2D eigenvalue weighted by molar-refractivity contribution is 14.1. The van der Waals surface area contributed by atoms with E-state index in [0.717, 1.165) is 3.57 Å². The quantitative estimate of drug-likeness (QED) is 0.167. The number of benzene rings is 2. The van der Waals surface area contributed by atoms with Gasteiger partial charge in [-0.15, -0.1) is 0 Å². The van der Waals surface area contributed by atoms with Crippen LogP contribution in [0.3, 0.4) is 0 Å². The molecule has 0 spiro atoms.